The molecule has 2 aromatic heterocycles. The Morgan fingerprint density at radius 2 is 2.00 bits per heavy atom. The number of anilines is 1. The Labute approximate surface area is 128 Å². The Balaban J connectivity index is 1.62. The molecule has 0 aliphatic heterocycles. The Morgan fingerprint density at radius 1 is 1.19 bits per heavy atom. The lowest BCUT2D eigenvalue weighted by atomic mass is 9.91. The van der Waals surface area contributed by atoms with Crippen molar-refractivity contribution in [1.29, 1.82) is 0 Å². The van der Waals surface area contributed by atoms with E-state index in [0.29, 0.717) is 11.1 Å². The molecule has 1 aliphatic rings. The molecule has 3 rings (SSSR count). The summed E-state index contributed by atoms with van der Waals surface area (Å²) < 4.78 is 1.61. The molecule has 5 nitrogen and oxygen atoms in total. The third-order valence-corrected chi connectivity index (χ3v) is 4.22. The Kier molecular flexibility index (Phi) is 4.20. The summed E-state index contributed by atoms with van der Waals surface area (Å²) in [4.78, 5) is 15.8. The van der Waals surface area contributed by atoms with Crippen molar-refractivity contribution >= 4 is 17.3 Å². The fraction of sp³-hybridized carbons (Fsp3) is 0.400. The predicted molar refractivity (Wildman–Crippen MR) is 82.7 cm³/mol. The third kappa shape index (κ3) is 3.24. The van der Waals surface area contributed by atoms with Gasteiger partial charge in [-0.3, -0.25) is 9.78 Å². The van der Waals surface area contributed by atoms with Gasteiger partial charge in [-0.2, -0.15) is 5.10 Å². The van der Waals surface area contributed by atoms with E-state index in [9.17, 15) is 4.79 Å². The van der Waals surface area contributed by atoms with Crippen LogP contribution in [0.15, 0.2) is 41.6 Å². The molecule has 0 unspecified atom stereocenters. The van der Waals surface area contributed by atoms with Gasteiger partial charge in [0.15, 0.2) is 0 Å². The minimum absolute atomic E-state index is 0.0221. The van der Waals surface area contributed by atoms with Crippen molar-refractivity contribution in [2.24, 2.45) is 0 Å². The van der Waals surface area contributed by atoms with E-state index in [4.69, 9.17) is 11.6 Å². The van der Waals surface area contributed by atoms with E-state index in [2.05, 4.69) is 15.4 Å². The van der Waals surface area contributed by atoms with Crippen LogP contribution in [0.4, 0.5) is 5.69 Å². The maximum atomic E-state index is 11.8. The topological polar surface area (TPSA) is 59.8 Å². The molecule has 0 amide bonds. The maximum Gasteiger partial charge on any atom is 0.266 e. The molecule has 0 saturated heterocycles. The highest BCUT2D eigenvalue weighted by Gasteiger charge is 2.23. The summed E-state index contributed by atoms with van der Waals surface area (Å²) in [6.07, 6.45) is 8.91. The van der Waals surface area contributed by atoms with Crippen molar-refractivity contribution in [3.05, 3.63) is 52.2 Å². The first-order chi connectivity index (χ1) is 10.2. The smallest absolute Gasteiger partial charge is 0.266 e. The summed E-state index contributed by atoms with van der Waals surface area (Å²) in [6, 6.07) is 5.70. The molecule has 2 heterocycles. The summed E-state index contributed by atoms with van der Waals surface area (Å²) in [5.74, 6) is 0. The summed E-state index contributed by atoms with van der Waals surface area (Å²) in [7, 11) is 0. The highest BCUT2D eigenvalue weighted by molar-refractivity contribution is 6.33. The van der Waals surface area contributed by atoms with E-state index in [1.54, 1.807) is 35.4 Å². The number of nitrogens with one attached hydrogen (secondary N) is 1. The zero-order valence-electron chi connectivity index (χ0n) is 11.6. The van der Waals surface area contributed by atoms with Crippen molar-refractivity contribution in [3.63, 3.8) is 0 Å². The van der Waals surface area contributed by atoms with Crippen LogP contribution in [0.3, 0.4) is 0 Å². The Hall–Kier alpha value is -1.88. The standard InChI is InChI=1S/C15H17ClN4O/c16-13-10-17-9-7-14(13)19-11-3-5-12(6-4-11)20-15(21)2-1-8-18-20/h1-2,7-12H,3-6H2,(H,17,19). The summed E-state index contributed by atoms with van der Waals surface area (Å²) in [5, 5.41) is 8.27. The lowest BCUT2D eigenvalue weighted by Gasteiger charge is -2.30. The van der Waals surface area contributed by atoms with Crippen LogP contribution < -0.4 is 10.9 Å². The number of halogens is 1. The quantitative estimate of drug-likeness (QED) is 0.947. The molecule has 1 fully saturated rings. The minimum Gasteiger partial charge on any atom is -0.381 e. The normalized spacial score (nSPS) is 22.0. The van der Waals surface area contributed by atoms with Crippen molar-refractivity contribution in [2.45, 2.75) is 37.8 Å². The van der Waals surface area contributed by atoms with Crippen LogP contribution in [-0.4, -0.2) is 20.8 Å². The lowest BCUT2D eigenvalue weighted by molar-refractivity contribution is 0.304. The third-order valence-electron chi connectivity index (χ3n) is 3.92. The van der Waals surface area contributed by atoms with E-state index < -0.39 is 0 Å². The summed E-state index contributed by atoms with van der Waals surface area (Å²) >= 11 is 6.11. The van der Waals surface area contributed by atoms with Crippen molar-refractivity contribution in [1.82, 2.24) is 14.8 Å². The first-order valence-corrected chi connectivity index (χ1v) is 7.52. The summed E-state index contributed by atoms with van der Waals surface area (Å²) in [5.41, 5.74) is 0.899. The van der Waals surface area contributed by atoms with Gasteiger partial charge in [0, 0.05) is 30.7 Å². The molecule has 110 valence electrons. The average Bonchev–Trinajstić information content (AvgIpc) is 2.51. The lowest BCUT2D eigenvalue weighted by Crippen LogP contribution is -2.32. The fourth-order valence-corrected chi connectivity index (χ4v) is 2.99. The zero-order chi connectivity index (χ0) is 14.7. The largest absolute Gasteiger partial charge is 0.381 e. The van der Waals surface area contributed by atoms with Gasteiger partial charge in [0.05, 0.1) is 16.8 Å². The van der Waals surface area contributed by atoms with Crippen LogP contribution in [-0.2, 0) is 0 Å². The molecule has 1 saturated carbocycles. The monoisotopic (exact) mass is 304 g/mol. The number of nitrogens with zero attached hydrogens (tertiary/aromatic N) is 3. The zero-order valence-corrected chi connectivity index (χ0v) is 12.3. The van der Waals surface area contributed by atoms with Gasteiger partial charge in [0.25, 0.3) is 5.56 Å². The highest BCUT2D eigenvalue weighted by atomic mass is 35.5. The first kappa shape index (κ1) is 14.1. The molecule has 0 radical (unpaired) electrons. The second-order valence-corrected chi connectivity index (χ2v) is 5.72. The van der Waals surface area contributed by atoms with Gasteiger partial charge in [-0.15, -0.1) is 0 Å². The van der Waals surface area contributed by atoms with Crippen molar-refractivity contribution < 1.29 is 0 Å². The Morgan fingerprint density at radius 3 is 2.71 bits per heavy atom. The van der Waals surface area contributed by atoms with Crippen molar-refractivity contribution in [2.75, 3.05) is 5.32 Å². The van der Waals surface area contributed by atoms with Crippen LogP contribution in [0.5, 0.6) is 0 Å². The average molecular weight is 305 g/mol. The number of rotatable bonds is 3. The van der Waals surface area contributed by atoms with Gasteiger partial charge >= 0.3 is 0 Å². The van der Waals surface area contributed by atoms with Gasteiger partial charge in [0.1, 0.15) is 0 Å². The molecule has 0 spiro atoms. The SMILES string of the molecule is O=c1cccnn1C1CCC(Nc2ccncc2Cl)CC1. The van der Waals surface area contributed by atoms with Crippen LogP contribution in [0, 0.1) is 0 Å². The van der Waals surface area contributed by atoms with Crippen LogP contribution in [0.2, 0.25) is 5.02 Å². The maximum absolute atomic E-state index is 11.8. The second kappa shape index (κ2) is 6.26. The molecular formula is C15H17ClN4O. The molecule has 2 aromatic rings. The molecule has 1 aliphatic carbocycles. The summed E-state index contributed by atoms with van der Waals surface area (Å²) in [6.45, 7) is 0. The number of pyridine rings is 1. The van der Waals surface area contributed by atoms with Crippen molar-refractivity contribution in [3.8, 4) is 0 Å². The van der Waals surface area contributed by atoms with Crippen LogP contribution in [0.25, 0.3) is 0 Å². The molecule has 0 aromatic carbocycles. The van der Waals surface area contributed by atoms with E-state index in [1.807, 2.05) is 6.07 Å². The first-order valence-electron chi connectivity index (χ1n) is 7.14. The number of aromatic nitrogens is 3. The van der Waals surface area contributed by atoms with Gasteiger partial charge in [-0.05, 0) is 37.8 Å². The van der Waals surface area contributed by atoms with E-state index in [1.165, 1.54) is 0 Å². The highest BCUT2D eigenvalue weighted by Crippen LogP contribution is 2.30. The number of hydrogen-bond donors (Lipinski definition) is 1. The molecule has 0 atom stereocenters. The van der Waals surface area contributed by atoms with E-state index in [-0.39, 0.29) is 11.6 Å². The van der Waals surface area contributed by atoms with Gasteiger partial charge in [-0.1, -0.05) is 11.6 Å². The minimum atomic E-state index is -0.0221. The van der Waals surface area contributed by atoms with Gasteiger partial charge in [0.2, 0.25) is 0 Å². The molecular weight excluding hydrogens is 288 g/mol. The van der Waals surface area contributed by atoms with E-state index in [0.717, 1.165) is 31.4 Å². The van der Waals surface area contributed by atoms with Gasteiger partial charge in [-0.25, -0.2) is 4.68 Å². The van der Waals surface area contributed by atoms with Crippen LogP contribution >= 0.6 is 11.6 Å². The fourth-order valence-electron chi connectivity index (χ4n) is 2.82. The molecule has 1 N–H and O–H groups in total. The predicted octanol–water partition coefficient (Wildman–Crippen LogP) is 2.89. The Bertz CT molecular complexity index is 664. The molecule has 6 heteroatoms. The molecule has 0 bridgehead atoms. The number of hydrogen-bond acceptors (Lipinski definition) is 4. The molecule has 21 heavy (non-hydrogen) atoms. The van der Waals surface area contributed by atoms with Crippen LogP contribution in [0.1, 0.15) is 31.7 Å². The van der Waals surface area contributed by atoms with Gasteiger partial charge < -0.3 is 5.32 Å². The second-order valence-electron chi connectivity index (χ2n) is 5.31. The van der Waals surface area contributed by atoms with E-state index >= 15 is 0 Å².